The number of ether oxygens (including phenoxy) is 1. The molecule has 1 aromatic heterocycles. The number of nitrogens with zero attached hydrogens (tertiary/aromatic N) is 1. The van der Waals surface area contributed by atoms with Crippen LogP contribution in [0.2, 0.25) is 0 Å². The molecule has 1 aliphatic rings. The van der Waals surface area contributed by atoms with Crippen molar-refractivity contribution in [3.8, 4) is 0 Å². The minimum Gasteiger partial charge on any atom is -0.467 e. The second-order valence-corrected chi connectivity index (χ2v) is 7.07. The summed E-state index contributed by atoms with van der Waals surface area (Å²) in [6.45, 7) is 3.90. The molecule has 1 aliphatic heterocycles. The average molecular weight is 328 g/mol. The van der Waals surface area contributed by atoms with Crippen molar-refractivity contribution in [3.05, 3.63) is 21.9 Å². The third kappa shape index (κ3) is 3.76. The lowest BCUT2D eigenvalue weighted by molar-refractivity contribution is -0.153. The number of hydrogen-bond acceptors (Lipinski definition) is 4. The molecule has 1 fully saturated rings. The molecule has 1 aromatic rings. The first-order valence-electron chi connectivity index (χ1n) is 7.22. The van der Waals surface area contributed by atoms with Gasteiger partial charge in [-0.1, -0.05) is 0 Å². The normalized spacial score (nSPS) is 22.5. The topological polar surface area (TPSA) is 58.6 Å². The van der Waals surface area contributed by atoms with Crippen molar-refractivity contribution in [1.29, 1.82) is 0 Å². The molecule has 2 rings (SSSR count). The van der Waals surface area contributed by atoms with Crippen molar-refractivity contribution >= 4 is 23.3 Å². The Morgan fingerprint density at radius 2 is 2.27 bits per heavy atom. The van der Waals surface area contributed by atoms with Crippen molar-refractivity contribution in [1.82, 2.24) is 10.2 Å². The number of alkyl halides is 1. The standard InChI is InChI=1S/C15H21FN2O3S/c1-10(8-12-5-4-11(2)22-12)17-14(20)18-7-6-15(16,9-18)13(19)21-3/h4-5,10H,6-9H2,1-3H3,(H,17,20)/t10-,15-/m0/s1. The molecule has 1 N–H and O–H groups in total. The van der Waals surface area contributed by atoms with Gasteiger partial charge in [-0.15, -0.1) is 11.3 Å². The molecular weight excluding hydrogens is 307 g/mol. The molecule has 0 bridgehead atoms. The maximum absolute atomic E-state index is 14.3. The van der Waals surface area contributed by atoms with Crippen LogP contribution < -0.4 is 5.32 Å². The van der Waals surface area contributed by atoms with E-state index in [4.69, 9.17) is 0 Å². The largest absolute Gasteiger partial charge is 0.467 e. The highest BCUT2D eigenvalue weighted by atomic mass is 32.1. The van der Waals surface area contributed by atoms with Gasteiger partial charge < -0.3 is 15.0 Å². The van der Waals surface area contributed by atoms with Crippen LogP contribution >= 0.6 is 11.3 Å². The summed E-state index contributed by atoms with van der Waals surface area (Å²) >= 11 is 1.70. The fourth-order valence-electron chi connectivity index (χ4n) is 2.55. The Balaban J connectivity index is 1.86. The van der Waals surface area contributed by atoms with Gasteiger partial charge in [0.1, 0.15) is 0 Å². The molecule has 1 saturated heterocycles. The predicted octanol–water partition coefficient (Wildman–Crippen LogP) is 2.28. The van der Waals surface area contributed by atoms with Crippen molar-refractivity contribution in [2.24, 2.45) is 0 Å². The lowest BCUT2D eigenvalue weighted by Crippen LogP contribution is -2.46. The van der Waals surface area contributed by atoms with Crippen LogP contribution in [-0.4, -0.2) is 48.8 Å². The first-order valence-corrected chi connectivity index (χ1v) is 8.04. The van der Waals surface area contributed by atoms with Crippen LogP contribution in [0.15, 0.2) is 12.1 Å². The molecule has 2 heterocycles. The third-order valence-electron chi connectivity index (χ3n) is 3.73. The monoisotopic (exact) mass is 328 g/mol. The number of likely N-dealkylation sites (tertiary alicyclic amines) is 1. The van der Waals surface area contributed by atoms with Crippen molar-refractivity contribution < 1.29 is 18.7 Å². The quantitative estimate of drug-likeness (QED) is 0.863. The van der Waals surface area contributed by atoms with E-state index in [0.29, 0.717) is 0 Å². The molecule has 2 atom stereocenters. The van der Waals surface area contributed by atoms with Crippen LogP contribution in [0.25, 0.3) is 0 Å². The Kier molecular flexibility index (Phi) is 5.05. The first kappa shape index (κ1) is 16.7. The first-order chi connectivity index (χ1) is 10.3. The Bertz CT molecular complexity index is 563. The molecule has 0 saturated carbocycles. The summed E-state index contributed by atoms with van der Waals surface area (Å²) in [6.07, 6.45) is 0.710. The van der Waals surface area contributed by atoms with Crippen molar-refractivity contribution in [2.75, 3.05) is 20.2 Å². The number of nitrogens with one attached hydrogen (secondary N) is 1. The molecular formula is C15H21FN2O3S. The summed E-state index contributed by atoms with van der Waals surface area (Å²) in [5.41, 5.74) is -2.08. The molecule has 0 unspecified atom stereocenters. The van der Waals surface area contributed by atoms with Crippen LogP contribution in [0.1, 0.15) is 23.1 Å². The number of halogens is 1. The zero-order valence-corrected chi connectivity index (χ0v) is 13.8. The van der Waals surface area contributed by atoms with E-state index in [-0.39, 0.29) is 31.6 Å². The van der Waals surface area contributed by atoms with Crippen LogP contribution in [0.5, 0.6) is 0 Å². The number of methoxy groups -OCH3 is 1. The average Bonchev–Trinajstić information content (AvgIpc) is 3.05. The zero-order valence-electron chi connectivity index (χ0n) is 13.0. The number of urea groups is 1. The van der Waals surface area contributed by atoms with Gasteiger partial charge in [-0.25, -0.2) is 14.0 Å². The van der Waals surface area contributed by atoms with E-state index in [9.17, 15) is 14.0 Å². The number of aryl methyl sites for hydroxylation is 1. The molecule has 0 radical (unpaired) electrons. The molecule has 22 heavy (non-hydrogen) atoms. The Morgan fingerprint density at radius 1 is 1.55 bits per heavy atom. The van der Waals surface area contributed by atoms with Crippen LogP contribution in [-0.2, 0) is 16.0 Å². The van der Waals surface area contributed by atoms with Gasteiger partial charge in [0.15, 0.2) is 0 Å². The van der Waals surface area contributed by atoms with Gasteiger partial charge in [0.2, 0.25) is 5.67 Å². The smallest absolute Gasteiger partial charge is 0.345 e. The highest BCUT2D eigenvalue weighted by Crippen LogP contribution is 2.27. The Morgan fingerprint density at radius 3 is 2.86 bits per heavy atom. The SMILES string of the molecule is COC(=O)[C@]1(F)CCN(C(=O)N[C@@H](C)Cc2ccc(C)s2)C1. The van der Waals surface area contributed by atoms with Gasteiger partial charge >= 0.3 is 12.0 Å². The van der Waals surface area contributed by atoms with E-state index in [2.05, 4.69) is 10.1 Å². The van der Waals surface area contributed by atoms with Gasteiger partial charge in [0.05, 0.1) is 13.7 Å². The number of thiophene rings is 1. The van der Waals surface area contributed by atoms with Crippen LogP contribution in [0, 0.1) is 6.92 Å². The van der Waals surface area contributed by atoms with Crippen molar-refractivity contribution in [3.63, 3.8) is 0 Å². The zero-order chi connectivity index (χ0) is 16.3. The van der Waals surface area contributed by atoms with E-state index in [1.54, 1.807) is 11.3 Å². The minimum atomic E-state index is -2.08. The second kappa shape index (κ2) is 6.64. The molecule has 2 amide bonds. The summed E-state index contributed by atoms with van der Waals surface area (Å²) in [5.74, 6) is -0.912. The van der Waals surface area contributed by atoms with Crippen LogP contribution in [0.4, 0.5) is 9.18 Å². The summed E-state index contributed by atoms with van der Waals surface area (Å²) in [7, 11) is 1.15. The number of hydrogen-bond donors (Lipinski definition) is 1. The maximum atomic E-state index is 14.3. The Labute approximate surface area is 133 Å². The van der Waals surface area contributed by atoms with E-state index in [1.807, 2.05) is 26.0 Å². The third-order valence-corrected chi connectivity index (χ3v) is 4.75. The maximum Gasteiger partial charge on any atom is 0.345 e. The lowest BCUT2D eigenvalue weighted by atomic mass is 10.1. The minimum absolute atomic E-state index is 0.0222. The van der Waals surface area contributed by atoms with E-state index in [1.165, 1.54) is 14.7 Å². The lowest BCUT2D eigenvalue weighted by Gasteiger charge is -2.21. The Hall–Kier alpha value is -1.63. The molecule has 0 aromatic carbocycles. The molecule has 7 heteroatoms. The summed E-state index contributed by atoms with van der Waals surface area (Å²) in [4.78, 5) is 27.3. The van der Waals surface area contributed by atoms with E-state index >= 15 is 0 Å². The predicted molar refractivity (Wildman–Crippen MR) is 82.8 cm³/mol. The highest BCUT2D eigenvalue weighted by Gasteiger charge is 2.47. The van der Waals surface area contributed by atoms with Gasteiger partial charge in [-0.2, -0.15) is 0 Å². The van der Waals surface area contributed by atoms with Crippen LogP contribution in [0.3, 0.4) is 0 Å². The van der Waals surface area contributed by atoms with Crippen molar-refractivity contribution in [2.45, 2.75) is 38.4 Å². The molecule has 0 spiro atoms. The molecule has 5 nitrogen and oxygen atoms in total. The highest BCUT2D eigenvalue weighted by molar-refractivity contribution is 7.11. The summed E-state index contributed by atoms with van der Waals surface area (Å²) in [5, 5.41) is 2.85. The number of rotatable bonds is 4. The molecule has 122 valence electrons. The van der Waals surface area contributed by atoms with Gasteiger partial charge in [-0.3, -0.25) is 0 Å². The fourth-order valence-corrected chi connectivity index (χ4v) is 3.56. The number of amides is 2. The fraction of sp³-hybridized carbons (Fsp3) is 0.600. The van der Waals surface area contributed by atoms with Gasteiger partial charge in [0.25, 0.3) is 0 Å². The molecule has 0 aliphatic carbocycles. The summed E-state index contributed by atoms with van der Waals surface area (Å²) < 4.78 is 18.8. The number of carbonyl (C=O) groups excluding carboxylic acids is 2. The van der Waals surface area contributed by atoms with Gasteiger partial charge in [0, 0.05) is 35.2 Å². The number of esters is 1. The van der Waals surface area contributed by atoms with E-state index in [0.717, 1.165) is 13.5 Å². The van der Waals surface area contributed by atoms with E-state index < -0.39 is 11.6 Å². The van der Waals surface area contributed by atoms with Gasteiger partial charge in [-0.05, 0) is 26.0 Å². The number of carbonyl (C=O) groups is 2. The summed E-state index contributed by atoms with van der Waals surface area (Å²) in [6, 6.07) is 3.69. The second-order valence-electron chi connectivity index (χ2n) is 5.70.